The second kappa shape index (κ2) is 7.60. The van der Waals surface area contributed by atoms with Crippen molar-refractivity contribution in [2.45, 2.75) is 10.4 Å². The minimum absolute atomic E-state index is 0.0123. The topological polar surface area (TPSA) is 46.6 Å². The first-order valence-electron chi connectivity index (χ1n) is 7.04. The molecule has 0 heterocycles. The third kappa shape index (κ3) is 4.76. The molecule has 132 valence electrons. The molecule has 0 unspecified atom stereocenters. The highest BCUT2D eigenvalue weighted by atomic mass is 32.2. The monoisotopic (exact) mass is 369 g/mol. The molecule has 0 N–H and O–H groups in total. The molecular weight excluding hydrogens is 355 g/mol. The van der Waals surface area contributed by atoms with Crippen LogP contribution in [0.4, 0.5) is 18.9 Å². The summed E-state index contributed by atoms with van der Waals surface area (Å²) in [6.07, 6.45) is 0. The molecule has 0 fully saturated rings. The maximum Gasteiger partial charge on any atom is 0.446 e. The number of rotatable bonds is 4. The number of thioether (sulfide) groups is 1. The summed E-state index contributed by atoms with van der Waals surface area (Å²) in [5, 5.41) is 0. The van der Waals surface area contributed by atoms with Crippen molar-refractivity contribution < 1.29 is 27.5 Å². The van der Waals surface area contributed by atoms with E-state index in [4.69, 9.17) is 0 Å². The van der Waals surface area contributed by atoms with Crippen molar-refractivity contribution in [3.63, 3.8) is 0 Å². The average Bonchev–Trinajstić information content (AvgIpc) is 2.59. The summed E-state index contributed by atoms with van der Waals surface area (Å²) in [6, 6.07) is 11.5. The van der Waals surface area contributed by atoms with E-state index in [1.807, 2.05) is 0 Å². The number of para-hydroxylation sites is 1. The average molecular weight is 369 g/mol. The molecule has 0 aromatic heterocycles. The van der Waals surface area contributed by atoms with E-state index in [1.54, 1.807) is 18.2 Å². The van der Waals surface area contributed by atoms with Gasteiger partial charge in [-0.1, -0.05) is 12.1 Å². The van der Waals surface area contributed by atoms with Gasteiger partial charge in [-0.3, -0.25) is 4.79 Å². The zero-order valence-corrected chi connectivity index (χ0v) is 14.1. The number of hydrogen-bond donors (Lipinski definition) is 0. The molecule has 0 spiro atoms. The number of alkyl halides is 3. The number of esters is 1. The van der Waals surface area contributed by atoms with Crippen molar-refractivity contribution in [3.05, 3.63) is 59.7 Å². The number of halogens is 3. The number of nitrogens with zero attached hydrogens (tertiary/aromatic N) is 1. The predicted molar refractivity (Wildman–Crippen MR) is 88.9 cm³/mol. The number of anilines is 1. The number of carbonyl (C=O) groups excluding carboxylic acids is 2. The van der Waals surface area contributed by atoms with Gasteiger partial charge in [0.1, 0.15) is 0 Å². The van der Waals surface area contributed by atoms with Crippen LogP contribution < -0.4 is 4.90 Å². The molecule has 25 heavy (non-hydrogen) atoms. The van der Waals surface area contributed by atoms with E-state index in [9.17, 15) is 22.8 Å². The summed E-state index contributed by atoms with van der Waals surface area (Å²) in [5.41, 5.74) is -3.63. The zero-order valence-electron chi connectivity index (χ0n) is 13.3. The highest BCUT2D eigenvalue weighted by molar-refractivity contribution is 8.00. The second-order valence-electron chi connectivity index (χ2n) is 4.95. The van der Waals surface area contributed by atoms with Gasteiger partial charge >= 0.3 is 11.5 Å². The molecule has 0 atom stereocenters. The Bertz CT molecular complexity index is 775. The Morgan fingerprint density at radius 3 is 2.20 bits per heavy atom. The summed E-state index contributed by atoms with van der Waals surface area (Å²) in [7, 11) is 2.71. The van der Waals surface area contributed by atoms with Crippen LogP contribution in [0.2, 0.25) is 0 Å². The van der Waals surface area contributed by atoms with Gasteiger partial charge < -0.3 is 9.64 Å². The van der Waals surface area contributed by atoms with Gasteiger partial charge in [0.25, 0.3) is 5.91 Å². The number of benzene rings is 2. The largest absolute Gasteiger partial charge is 0.465 e. The third-order valence-electron chi connectivity index (χ3n) is 3.31. The molecule has 0 radical (unpaired) electrons. The van der Waals surface area contributed by atoms with Gasteiger partial charge in [-0.15, -0.1) is 0 Å². The highest BCUT2D eigenvalue weighted by Gasteiger charge is 2.29. The summed E-state index contributed by atoms with van der Waals surface area (Å²) in [6.45, 7) is 0. The van der Waals surface area contributed by atoms with Gasteiger partial charge in [-0.05, 0) is 48.2 Å². The molecular formula is C17H14F3NO3S. The SMILES string of the molecule is COC(=O)c1ccccc1N(C)C(=O)c1ccc(SC(F)(F)F)cc1. The summed E-state index contributed by atoms with van der Waals surface area (Å²) >= 11 is -0.251. The fraction of sp³-hybridized carbons (Fsp3) is 0.176. The van der Waals surface area contributed by atoms with E-state index in [1.165, 1.54) is 49.4 Å². The third-order valence-corrected chi connectivity index (χ3v) is 4.05. The molecule has 0 aliphatic carbocycles. The number of carbonyl (C=O) groups is 2. The first kappa shape index (κ1) is 18.9. The van der Waals surface area contributed by atoms with E-state index in [2.05, 4.69) is 4.74 Å². The second-order valence-corrected chi connectivity index (χ2v) is 6.08. The first-order chi connectivity index (χ1) is 11.7. The molecule has 2 aromatic rings. The molecule has 0 aliphatic heterocycles. The molecule has 0 saturated carbocycles. The lowest BCUT2D eigenvalue weighted by Gasteiger charge is -2.20. The minimum atomic E-state index is -4.39. The lowest BCUT2D eigenvalue weighted by Crippen LogP contribution is -2.28. The Morgan fingerprint density at radius 1 is 1.04 bits per heavy atom. The lowest BCUT2D eigenvalue weighted by molar-refractivity contribution is -0.0328. The maximum absolute atomic E-state index is 12.5. The van der Waals surface area contributed by atoms with Gasteiger partial charge in [0.15, 0.2) is 0 Å². The van der Waals surface area contributed by atoms with Crippen LogP contribution in [0.15, 0.2) is 53.4 Å². The number of ether oxygens (including phenoxy) is 1. The van der Waals surface area contributed by atoms with Crippen LogP contribution in [0, 0.1) is 0 Å². The molecule has 0 saturated heterocycles. The molecule has 0 bridgehead atoms. The Morgan fingerprint density at radius 2 is 1.64 bits per heavy atom. The summed E-state index contributed by atoms with van der Waals surface area (Å²) in [4.78, 5) is 25.6. The van der Waals surface area contributed by atoms with Crippen molar-refractivity contribution in [2.75, 3.05) is 19.1 Å². The van der Waals surface area contributed by atoms with Gasteiger partial charge in [-0.25, -0.2) is 4.79 Å². The quantitative estimate of drug-likeness (QED) is 0.593. The van der Waals surface area contributed by atoms with Crippen LogP contribution in [0.1, 0.15) is 20.7 Å². The highest BCUT2D eigenvalue weighted by Crippen LogP contribution is 2.36. The fourth-order valence-corrected chi connectivity index (χ4v) is 2.69. The van der Waals surface area contributed by atoms with Crippen LogP contribution in [0.25, 0.3) is 0 Å². The van der Waals surface area contributed by atoms with Gasteiger partial charge in [-0.2, -0.15) is 13.2 Å². The van der Waals surface area contributed by atoms with E-state index >= 15 is 0 Å². The number of methoxy groups -OCH3 is 1. The number of amides is 1. The van der Waals surface area contributed by atoms with Crippen LogP contribution >= 0.6 is 11.8 Å². The van der Waals surface area contributed by atoms with E-state index < -0.39 is 17.4 Å². The zero-order chi connectivity index (χ0) is 18.6. The normalized spacial score (nSPS) is 11.1. The lowest BCUT2D eigenvalue weighted by atomic mass is 10.1. The van der Waals surface area contributed by atoms with Crippen molar-refractivity contribution in [3.8, 4) is 0 Å². The number of hydrogen-bond acceptors (Lipinski definition) is 4. The summed E-state index contributed by atoms with van der Waals surface area (Å²) in [5.74, 6) is -1.05. The van der Waals surface area contributed by atoms with E-state index in [0.29, 0.717) is 5.69 Å². The Kier molecular flexibility index (Phi) is 5.73. The summed E-state index contributed by atoms with van der Waals surface area (Å²) < 4.78 is 41.7. The van der Waals surface area contributed by atoms with E-state index in [0.717, 1.165) is 0 Å². The van der Waals surface area contributed by atoms with Crippen LogP contribution in [-0.4, -0.2) is 31.5 Å². The van der Waals surface area contributed by atoms with Crippen molar-refractivity contribution in [2.24, 2.45) is 0 Å². The first-order valence-corrected chi connectivity index (χ1v) is 7.86. The van der Waals surface area contributed by atoms with Crippen molar-refractivity contribution in [1.82, 2.24) is 0 Å². The molecule has 1 amide bonds. The smallest absolute Gasteiger partial charge is 0.446 e. The van der Waals surface area contributed by atoms with Crippen LogP contribution in [0.3, 0.4) is 0 Å². The fourth-order valence-electron chi connectivity index (χ4n) is 2.15. The maximum atomic E-state index is 12.5. The van der Waals surface area contributed by atoms with Crippen LogP contribution in [-0.2, 0) is 4.74 Å². The minimum Gasteiger partial charge on any atom is -0.465 e. The van der Waals surface area contributed by atoms with Gasteiger partial charge in [0.2, 0.25) is 0 Å². The van der Waals surface area contributed by atoms with Gasteiger partial charge in [0, 0.05) is 17.5 Å². The Labute approximate surface area is 146 Å². The molecule has 8 heteroatoms. The molecule has 4 nitrogen and oxygen atoms in total. The standard InChI is InChI=1S/C17H14F3NO3S/c1-21(14-6-4-3-5-13(14)16(23)24-2)15(22)11-7-9-12(10-8-11)25-17(18,19)20/h3-10H,1-2H3. The van der Waals surface area contributed by atoms with Gasteiger partial charge in [0.05, 0.1) is 18.4 Å². The van der Waals surface area contributed by atoms with Crippen molar-refractivity contribution in [1.29, 1.82) is 0 Å². The molecule has 0 aliphatic rings. The van der Waals surface area contributed by atoms with Crippen molar-refractivity contribution >= 4 is 29.3 Å². The van der Waals surface area contributed by atoms with E-state index in [-0.39, 0.29) is 27.8 Å². The predicted octanol–water partition coefficient (Wildman–Crippen LogP) is 4.36. The molecule has 2 aromatic carbocycles. The Hall–Kier alpha value is -2.48. The van der Waals surface area contributed by atoms with Crippen LogP contribution in [0.5, 0.6) is 0 Å². The molecule has 2 rings (SSSR count). The Balaban J connectivity index is 2.25.